The zero-order valence-corrected chi connectivity index (χ0v) is 25.7. The molecule has 2 aromatic carbocycles. The first-order chi connectivity index (χ1) is 20.6. The van der Waals surface area contributed by atoms with Crippen LogP contribution >= 0.6 is 0 Å². The molecule has 1 N–H and O–H groups in total. The lowest BCUT2D eigenvalue weighted by atomic mass is 9.64. The van der Waals surface area contributed by atoms with Gasteiger partial charge in [0.05, 0.1) is 30.1 Å². The van der Waals surface area contributed by atoms with Gasteiger partial charge in [0, 0.05) is 24.5 Å². The molecule has 6 atom stereocenters. The number of aliphatic hydroxyl groups excluding tert-OH is 1. The number of benzene rings is 2. The third-order valence-electron chi connectivity index (χ3n) is 9.79. The monoisotopic (exact) mass is 585 g/mol. The minimum Gasteiger partial charge on any atom is -0.394 e. The number of aryl methyl sites for hydroxylation is 2. The summed E-state index contributed by atoms with van der Waals surface area (Å²) < 4.78 is 6.98. The fraction of sp³-hybridized carbons (Fsp3) is 0.457. The Morgan fingerprint density at radius 3 is 2.23 bits per heavy atom. The number of ether oxygens (including phenoxy) is 1. The van der Waals surface area contributed by atoms with Crippen LogP contribution < -0.4 is 9.80 Å². The van der Waals surface area contributed by atoms with E-state index in [0.717, 1.165) is 16.8 Å². The quantitative estimate of drug-likeness (QED) is 0.390. The van der Waals surface area contributed by atoms with E-state index in [0.29, 0.717) is 24.9 Å². The number of nitrogens with zero attached hydrogens (tertiary/aromatic N) is 3. The summed E-state index contributed by atoms with van der Waals surface area (Å²) in [4.78, 5) is 48.9. The number of aliphatic hydroxyl groups is 1. The van der Waals surface area contributed by atoms with Gasteiger partial charge in [-0.15, -0.1) is 13.2 Å². The van der Waals surface area contributed by atoms with Gasteiger partial charge in [-0.3, -0.25) is 14.4 Å². The predicted molar refractivity (Wildman–Crippen MR) is 168 cm³/mol. The van der Waals surface area contributed by atoms with Gasteiger partial charge in [0.1, 0.15) is 11.6 Å². The van der Waals surface area contributed by atoms with Gasteiger partial charge in [-0.1, -0.05) is 55.5 Å². The topological polar surface area (TPSA) is 90.4 Å². The number of anilines is 2. The van der Waals surface area contributed by atoms with Crippen molar-refractivity contribution in [1.29, 1.82) is 0 Å². The molecule has 0 radical (unpaired) electrons. The fourth-order valence-corrected chi connectivity index (χ4v) is 7.90. The summed E-state index contributed by atoms with van der Waals surface area (Å²) in [7, 11) is 0. The van der Waals surface area contributed by atoms with Crippen LogP contribution in [0.1, 0.15) is 44.2 Å². The molecule has 2 bridgehead atoms. The Hall–Kier alpha value is -3.75. The van der Waals surface area contributed by atoms with Crippen LogP contribution in [0.5, 0.6) is 0 Å². The zero-order valence-electron chi connectivity index (χ0n) is 25.7. The van der Waals surface area contributed by atoms with Gasteiger partial charge in [0.2, 0.25) is 11.8 Å². The van der Waals surface area contributed by atoms with Crippen molar-refractivity contribution in [2.24, 2.45) is 11.8 Å². The summed E-state index contributed by atoms with van der Waals surface area (Å²) in [6.45, 7) is 15.6. The smallest absolute Gasteiger partial charge is 0.253 e. The number of para-hydroxylation sites is 2. The molecule has 3 aliphatic rings. The highest BCUT2D eigenvalue weighted by Crippen LogP contribution is 2.65. The van der Waals surface area contributed by atoms with Crippen molar-refractivity contribution >= 4 is 29.1 Å². The maximum Gasteiger partial charge on any atom is 0.253 e. The van der Waals surface area contributed by atoms with Gasteiger partial charge in [-0.05, 0) is 63.3 Å². The van der Waals surface area contributed by atoms with Gasteiger partial charge >= 0.3 is 0 Å². The van der Waals surface area contributed by atoms with Gasteiger partial charge in [0.25, 0.3) is 5.91 Å². The van der Waals surface area contributed by atoms with Gasteiger partial charge < -0.3 is 24.5 Å². The molecule has 5 rings (SSSR count). The number of fused-ring (bicyclic) bond motifs is 1. The lowest BCUT2D eigenvalue weighted by molar-refractivity contribution is -0.149. The van der Waals surface area contributed by atoms with Crippen molar-refractivity contribution in [3.63, 3.8) is 0 Å². The Morgan fingerprint density at radius 1 is 1.02 bits per heavy atom. The summed E-state index contributed by atoms with van der Waals surface area (Å²) in [5.41, 5.74) is 1.23. The Morgan fingerprint density at radius 2 is 1.65 bits per heavy atom. The predicted octanol–water partition coefficient (Wildman–Crippen LogP) is 4.58. The lowest BCUT2D eigenvalue weighted by Gasteiger charge is -2.39. The van der Waals surface area contributed by atoms with Gasteiger partial charge in [-0.2, -0.15) is 0 Å². The van der Waals surface area contributed by atoms with Crippen LogP contribution in [0.25, 0.3) is 0 Å². The van der Waals surface area contributed by atoms with Crippen LogP contribution in [-0.2, 0) is 19.1 Å². The Bertz CT molecular complexity index is 1410. The second-order valence-corrected chi connectivity index (χ2v) is 12.2. The summed E-state index contributed by atoms with van der Waals surface area (Å²) in [6.07, 6.45) is 4.89. The van der Waals surface area contributed by atoms with Crippen molar-refractivity contribution in [3.05, 3.63) is 85.0 Å². The minimum absolute atomic E-state index is 0.213. The average Bonchev–Trinajstić information content (AvgIpc) is 3.62. The zero-order chi connectivity index (χ0) is 31.1. The molecule has 2 aromatic rings. The molecular weight excluding hydrogens is 542 g/mol. The second kappa shape index (κ2) is 11.7. The maximum atomic E-state index is 14.9. The first-order valence-corrected chi connectivity index (χ1v) is 15.2. The van der Waals surface area contributed by atoms with Crippen molar-refractivity contribution < 1.29 is 24.2 Å². The first kappa shape index (κ1) is 30.7. The average molecular weight is 586 g/mol. The van der Waals surface area contributed by atoms with Crippen LogP contribution in [-0.4, -0.2) is 70.7 Å². The number of rotatable bonds is 11. The number of hydrogen-bond acceptors (Lipinski definition) is 5. The number of carbonyl (C=O) groups excluding carboxylic acids is 3. The number of amides is 3. The minimum atomic E-state index is -1.21. The molecule has 3 amide bonds. The molecule has 0 aliphatic carbocycles. The molecule has 43 heavy (non-hydrogen) atoms. The van der Waals surface area contributed by atoms with Crippen molar-refractivity contribution in [2.75, 3.05) is 29.5 Å². The highest BCUT2D eigenvalue weighted by molar-refractivity contribution is 6.07. The van der Waals surface area contributed by atoms with E-state index in [9.17, 15) is 19.5 Å². The van der Waals surface area contributed by atoms with Crippen LogP contribution in [0.4, 0.5) is 11.4 Å². The highest BCUT2D eigenvalue weighted by atomic mass is 16.5. The largest absolute Gasteiger partial charge is 0.394 e. The Labute approximate surface area is 254 Å². The van der Waals surface area contributed by atoms with Crippen molar-refractivity contribution in [2.45, 2.75) is 70.2 Å². The summed E-state index contributed by atoms with van der Waals surface area (Å²) in [5.74, 6) is -2.48. The van der Waals surface area contributed by atoms with Crippen LogP contribution in [0.3, 0.4) is 0 Å². The van der Waals surface area contributed by atoms with Gasteiger partial charge in [-0.25, -0.2) is 0 Å². The molecule has 8 nitrogen and oxygen atoms in total. The fourth-order valence-electron chi connectivity index (χ4n) is 7.90. The van der Waals surface area contributed by atoms with E-state index < -0.39 is 35.1 Å². The van der Waals surface area contributed by atoms with E-state index in [4.69, 9.17) is 4.74 Å². The van der Waals surface area contributed by atoms with Crippen LogP contribution in [0, 0.1) is 25.7 Å². The molecular formula is C35H43N3O5. The highest BCUT2D eigenvalue weighted by Gasteiger charge is 2.79. The van der Waals surface area contributed by atoms with Crippen molar-refractivity contribution in [1.82, 2.24) is 4.90 Å². The summed E-state index contributed by atoms with van der Waals surface area (Å²) in [6, 6.07) is 13.6. The van der Waals surface area contributed by atoms with E-state index >= 15 is 0 Å². The molecule has 0 saturated carbocycles. The second-order valence-electron chi connectivity index (χ2n) is 12.2. The molecule has 8 heteroatoms. The normalized spacial score (nSPS) is 28.0. The molecule has 3 aliphatic heterocycles. The van der Waals surface area contributed by atoms with E-state index in [1.54, 1.807) is 28.9 Å². The number of carbonyl (C=O) groups is 3. The molecule has 0 aromatic heterocycles. The van der Waals surface area contributed by atoms with E-state index in [2.05, 4.69) is 13.2 Å². The molecule has 3 saturated heterocycles. The van der Waals surface area contributed by atoms with E-state index in [1.807, 2.05) is 69.3 Å². The third kappa shape index (κ3) is 4.62. The molecule has 228 valence electrons. The first-order valence-electron chi connectivity index (χ1n) is 15.2. The van der Waals surface area contributed by atoms with Gasteiger partial charge in [0.15, 0.2) is 0 Å². The van der Waals surface area contributed by atoms with E-state index in [1.165, 1.54) is 4.90 Å². The lowest BCUT2D eigenvalue weighted by Crippen LogP contribution is -2.58. The Kier molecular flexibility index (Phi) is 8.38. The number of hydrogen-bond donors (Lipinski definition) is 1. The molecule has 1 spiro atoms. The molecule has 3 fully saturated rings. The standard InChI is InChI=1S/C35H43N3O5/c1-7-20-36(26-16-11-10-12-17-26)31(40)27-28-32(41)38(25(6)22-39)30(35(28)19-18-34(27,9-3)43-35)33(42)37(21-8-2)29-23(4)14-13-15-24(29)5/h7-8,10-17,25,27-28,30,39H,1-2,9,18-22H2,3-6H3/t25-,27+,28+,30?,34-,35?/m1/s1. The molecule has 2 unspecified atom stereocenters. The third-order valence-corrected chi connectivity index (χ3v) is 9.79. The van der Waals surface area contributed by atoms with Crippen LogP contribution in [0.15, 0.2) is 73.8 Å². The van der Waals surface area contributed by atoms with Crippen molar-refractivity contribution in [3.8, 4) is 0 Å². The summed E-state index contributed by atoms with van der Waals surface area (Å²) in [5, 5.41) is 10.3. The maximum absolute atomic E-state index is 14.9. The summed E-state index contributed by atoms with van der Waals surface area (Å²) >= 11 is 0. The van der Waals surface area contributed by atoms with E-state index in [-0.39, 0.29) is 37.4 Å². The SMILES string of the molecule is C=CCN(C(=O)[C@@H]1[C@H]2C(=O)N([C@H](C)CO)C(C(=O)N(CC=C)c3c(C)cccc3C)C23CC[C@@]1(CC)O3)c1ccccc1. The van der Waals surface area contributed by atoms with Crippen LogP contribution in [0.2, 0.25) is 0 Å². The number of likely N-dealkylation sites (tertiary alicyclic amines) is 1. The molecule has 3 heterocycles. The Balaban J connectivity index is 1.65.